The number of hydrogen-bond acceptors (Lipinski definition) is 4. The summed E-state index contributed by atoms with van der Waals surface area (Å²) in [5, 5.41) is 0.473. The van der Waals surface area contributed by atoms with Crippen LogP contribution < -0.4 is 0 Å². The van der Waals surface area contributed by atoms with Crippen LogP contribution in [-0.4, -0.2) is 48.6 Å². The zero-order valence-electron chi connectivity index (χ0n) is 12.7. The highest BCUT2D eigenvalue weighted by Gasteiger charge is 2.38. The van der Waals surface area contributed by atoms with Crippen LogP contribution in [-0.2, 0) is 19.6 Å². The summed E-state index contributed by atoms with van der Waals surface area (Å²) in [7, 11) is -3.67. The quantitative estimate of drug-likeness (QED) is 0.741. The van der Waals surface area contributed by atoms with E-state index in [1.807, 2.05) is 0 Å². The van der Waals surface area contributed by atoms with Crippen molar-refractivity contribution in [2.24, 2.45) is 0 Å². The van der Waals surface area contributed by atoms with Crippen molar-refractivity contribution in [1.29, 1.82) is 0 Å². The number of hydrogen-bond donors (Lipinski definition) is 0. The Balaban J connectivity index is 1.72. The summed E-state index contributed by atoms with van der Waals surface area (Å²) in [6.07, 6.45) is 1.39. The minimum Gasteiger partial charge on any atom is -0.279 e. The molecule has 0 aromatic heterocycles. The first-order valence-electron chi connectivity index (χ1n) is 7.61. The number of halogens is 2. The average Bonchev–Trinajstić information content (AvgIpc) is 2.89. The molecule has 0 N–H and O–H groups in total. The van der Waals surface area contributed by atoms with E-state index in [4.69, 9.17) is 23.2 Å². The Hall–Kier alpha value is -1.15. The second kappa shape index (κ2) is 6.63. The number of benzene rings is 1. The van der Waals surface area contributed by atoms with Crippen molar-refractivity contribution in [3.8, 4) is 0 Å². The summed E-state index contributed by atoms with van der Waals surface area (Å²) >= 11 is 11.7. The molecule has 2 saturated heterocycles. The predicted molar refractivity (Wildman–Crippen MR) is 89.3 cm³/mol. The van der Waals surface area contributed by atoms with E-state index in [9.17, 15) is 18.0 Å². The van der Waals surface area contributed by atoms with E-state index in [1.165, 1.54) is 27.4 Å². The van der Waals surface area contributed by atoms with Crippen molar-refractivity contribution in [2.75, 3.05) is 13.1 Å². The van der Waals surface area contributed by atoms with Gasteiger partial charge < -0.3 is 0 Å². The number of imide groups is 1. The van der Waals surface area contributed by atoms with Gasteiger partial charge in [-0.2, -0.15) is 4.31 Å². The van der Waals surface area contributed by atoms with Gasteiger partial charge in [0.15, 0.2) is 0 Å². The molecule has 0 atom stereocenters. The highest BCUT2D eigenvalue weighted by molar-refractivity contribution is 7.89. The molecule has 2 amide bonds. The lowest BCUT2D eigenvalue weighted by Gasteiger charge is -2.35. The van der Waals surface area contributed by atoms with Crippen LogP contribution in [0.4, 0.5) is 0 Å². The van der Waals surface area contributed by atoms with Crippen LogP contribution in [0.1, 0.15) is 25.7 Å². The molecular weight excluding hydrogens is 375 g/mol. The van der Waals surface area contributed by atoms with Gasteiger partial charge in [0.2, 0.25) is 21.8 Å². The van der Waals surface area contributed by atoms with Crippen molar-refractivity contribution in [3.63, 3.8) is 0 Å². The van der Waals surface area contributed by atoms with Crippen LogP contribution in [0.5, 0.6) is 0 Å². The maximum atomic E-state index is 12.7. The first-order chi connectivity index (χ1) is 11.3. The highest BCUT2D eigenvalue weighted by Crippen LogP contribution is 2.29. The van der Waals surface area contributed by atoms with Gasteiger partial charge in [0.1, 0.15) is 0 Å². The third-order valence-corrected chi connectivity index (χ3v) is 7.04. The van der Waals surface area contributed by atoms with E-state index >= 15 is 0 Å². The molecule has 0 aliphatic carbocycles. The monoisotopic (exact) mass is 390 g/mol. The normalized spacial score (nSPS) is 20.8. The summed E-state index contributed by atoms with van der Waals surface area (Å²) in [6, 6.07) is 3.99. The van der Waals surface area contributed by atoms with Gasteiger partial charge >= 0.3 is 0 Å². The van der Waals surface area contributed by atoms with E-state index < -0.39 is 10.0 Å². The van der Waals surface area contributed by atoms with Gasteiger partial charge in [0, 0.05) is 32.0 Å². The van der Waals surface area contributed by atoms with Gasteiger partial charge in [-0.05, 0) is 31.0 Å². The lowest BCUT2D eigenvalue weighted by Crippen LogP contribution is -2.48. The minimum atomic E-state index is -3.67. The largest absolute Gasteiger partial charge is 0.279 e. The summed E-state index contributed by atoms with van der Waals surface area (Å²) in [5.41, 5.74) is 0. The lowest BCUT2D eigenvalue weighted by molar-refractivity contribution is -0.141. The lowest BCUT2D eigenvalue weighted by atomic mass is 10.1. The molecule has 0 unspecified atom stereocenters. The van der Waals surface area contributed by atoms with Crippen LogP contribution in [0, 0.1) is 0 Å². The fourth-order valence-electron chi connectivity index (χ4n) is 3.13. The summed E-state index contributed by atoms with van der Waals surface area (Å²) in [4.78, 5) is 25.0. The molecule has 24 heavy (non-hydrogen) atoms. The van der Waals surface area contributed by atoms with Crippen LogP contribution in [0.3, 0.4) is 0 Å². The topological polar surface area (TPSA) is 74.8 Å². The highest BCUT2D eigenvalue weighted by atomic mass is 35.5. The number of amides is 2. The van der Waals surface area contributed by atoms with Gasteiger partial charge in [-0.15, -0.1) is 0 Å². The van der Waals surface area contributed by atoms with E-state index in [-0.39, 0.29) is 53.7 Å². The number of carbonyl (C=O) groups is 2. The molecule has 9 heteroatoms. The minimum absolute atomic E-state index is 0.0867. The standard InChI is InChI=1S/C15H16Cl2N2O4S/c16-12-2-1-11(9-13(12)17)24(22,23)18-7-5-10(6-8-18)19-14(20)3-4-15(19)21/h1-2,9-10H,3-8H2. The zero-order valence-corrected chi connectivity index (χ0v) is 15.1. The molecule has 2 aliphatic rings. The Morgan fingerprint density at radius 2 is 1.54 bits per heavy atom. The smallest absolute Gasteiger partial charge is 0.243 e. The van der Waals surface area contributed by atoms with E-state index in [0.717, 1.165) is 0 Å². The van der Waals surface area contributed by atoms with Crippen LogP contribution in [0.15, 0.2) is 23.1 Å². The molecule has 2 fully saturated rings. The fraction of sp³-hybridized carbons (Fsp3) is 0.467. The van der Waals surface area contributed by atoms with Crippen LogP contribution in [0.2, 0.25) is 10.0 Å². The first-order valence-corrected chi connectivity index (χ1v) is 9.80. The molecule has 130 valence electrons. The van der Waals surface area contributed by atoms with Gasteiger partial charge in [-0.25, -0.2) is 8.42 Å². The first kappa shape index (κ1) is 17.7. The predicted octanol–water partition coefficient (Wildman–Crippen LogP) is 2.30. The third-order valence-electron chi connectivity index (χ3n) is 4.41. The van der Waals surface area contributed by atoms with Gasteiger partial charge in [-0.1, -0.05) is 23.2 Å². The molecule has 1 aromatic carbocycles. The van der Waals surface area contributed by atoms with E-state index in [2.05, 4.69) is 0 Å². The number of rotatable bonds is 3. The molecule has 0 saturated carbocycles. The molecule has 3 rings (SSSR count). The number of likely N-dealkylation sites (tertiary alicyclic amines) is 1. The van der Waals surface area contributed by atoms with Crippen molar-refractivity contribution in [2.45, 2.75) is 36.6 Å². The van der Waals surface area contributed by atoms with Gasteiger partial charge in [0.25, 0.3) is 0 Å². The number of carbonyl (C=O) groups excluding carboxylic acids is 2. The Kier molecular flexibility index (Phi) is 4.88. The van der Waals surface area contributed by atoms with Gasteiger partial charge in [0.05, 0.1) is 14.9 Å². The second-order valence-electron chi connectivity index (χ2n) is 5.87. The Morgan fingerprint density at radius 3 is 2.08 bits per heavy atom. The molecular formula is C15H16Cl2N2O4S. The average molecular weight is 391 g/mol. The second-order valence-corrected chi connectivity index (χ2v) is 8.62. The fourth-order valence-corrected chi connectivity index (χ4v) is 4.99. The van der Waals surface area contributed by atoms with Crippen molar-refractivity contribution < 1.29 is 18.0 Å². The summed E-state index contributed by atoms with van der Waals surface area (Å²) < 4.78 is 26.7. The van der Waals surface area contributed by atoms with Crippen molar-refractivity contribution in [3.05, 3.63) is 28.2 Å². The molecule has 2 aliphatic heterocycles. The van der Waals surface area contributed by atoms with Crippen molar-refractivity contribution in [1.82, 2.24) is 9.21 Å². The number of piperidine rings is 1. The molecule has 1 aromatic rings. The molecule has 0 spiro atoms. The SMILES string of the molecule is O=C1CCC(=O)N1C1CCN(S(=O)(=O)c2ccc(Cl)c(Cl)c2)CC1. The summed E-state index contributed by atoms with van der Waals surface area (Å²) in [6.45, 7) is 0.509. The maximum Gasteiger partial charge on any atom is 0.243 e. The number of nitrogens with zero attached hydrogens (tertiary/aromatic N) is 2. The number of sulfonamides is 1. The molecule has 2 heterocycles. The summed E-state index contributed by atoms with van der Waals surface area (Å²) in [5.74, 6) is -0.323. The molecule has 0 bridgehead atoms. The van der Waals surface area contributed by atoms with E-state index in [1.54, 1.807) is 0 Å². The Morgan fingerprint density at radius 1 is 0.958 bits per heavy atom. The molecule has 6 nitrogen and oxygen atoms in total. The zero-order chi connectivity index (χ0) is 17.5. The van der Waals surface area contributed by atoms with E-state index in [0.29, 0.717) is 17.9 Å². The Bertz CT molecular complexity index is 773. The van der Waals surface area contributed by atoms with Crippen LogP contribution >= 0.6 is 23.2 Å². The van der Waals surface area contributed by atoms with Crippen LogP contribution in [0.25, 0.3) is 0 Å². The Labute approximate surface area is 150 Å². The molecule has 0 radical (unpaired) electrons. The maximum absolute atomic E-state index is 12.7. The third kappa shape index (κ3) is 3.18. The van der Waals surface area contributed by atoms with Crippen molar-refractivity contribution >= 4 is 45.0 Å². The van der Waals surface area contributed by atoms with Gasteiger partial charge in [-0.3, -0.25) is 14.5 Å².